The number of H-pyrrole nitrogens is 1. The van der Waals surface area contributed by atoms with Gasteiger partial charge in [0, 0.05) is 22.7 Å². The third-order valence-corrected chi connectivity index (χ3v) is 8.73. The van der Waals surface area contributed by atoms with Crippen molar-refractivity contribution in [3.8, 4) is 11.5 Å². The summed E-state index contributed by atoms with van der Waals surface area (Å²) in [5.41, 5.74) is 9.24. The molecule has 4 atom stereocenters. The van der Waals surface area contributed by atoms with Gasteiger partial charge in [-0.2, -0.15) is 0 Å². The lowest BCUT2D eigenvalue weighted by Crippen LogP contribution is -2.62. The zero-order valence-corrected chi connectivity index (χ0v) is 16.8. The molecular weight excluding hydrogens is 348 g/mol. The number of aromatic amines is 1. The maximum Gasteiger partial charge on any atom is 0.166 e. The molecule has 7 rings (SSSR count). The van der Waals surface area contributed by atoms with Gasteiger partial charge in [0.1, 0.15) is 6.10 Å². The molecule has 2 aliphatic heterocycles. The molecule has 146 valence electrons. The minimum atomic E-state index is 0.120. The van der Waals surface area contributed by atoms with Crippen LogP contribution in [0.1, 0.15) is 59.0 Å². The van der Waals surface area contributed by atoms with Crippen molar-refractivity contribution in [2.24, 2.45) is 5.92 Å². The SMILES string of the molecule is COc1ccc2c3c1O[C@H]1c4[nH]c5c(c4C[C@H]4[C@@H](C2)N(C)CC[C@]314)CCCC5. The van der Waals surface area contributed by atoms with E-state index in [1.807, 2.05) is 0 Å². The Balaban J connectivity index is 1.52. The van der Waals surface area contributed by atoms with Crippen LogP contribution in [0.5, 0.6) is 11.5 Å². The fourth-order valence-corrected chi connectivity index (χ4v) is 7.53. The van der Waals surface area contributed by atoms with Gasteiger partial charge in [-0.1, -0.05) is 6.07 Å². The van der Waals surface area contributed by atoms with Crippen molar-refractivity contribution in [1.82, 2.24) is 9.88 Å². The average Bonchev–Trinajstić information content (AvgIpc) is 3.25. The summed E-state index contributed by atoms with van der Waals surface area (Å²) in [6.07, 6.45) is 8.78. The quantitative estimate of drug-likeness (QED) is 0.825. The van der Waals surface area contributed by atoms with E-state index < -0.39 is 0 Å². The number of aromatic nitrogens is 1. The number of methoxy groups -OCH3 is 1. The predicted molar refractivity (Wildman–Crippen MR) is 107 cm³/mol. The summed E-state index contributed by atoms with van der Waals surface area (Å²) in [4.78, 5) is 6.52. The van der Waals surface area contributed by atoms with Crippen molar-refractivity contribution >= 4 is 0 Å². The van der Waals surface area contributed by atoms with Crippen LogP contribution in [0.2, 0.25) is 0 Å². The molecule has 3 aliphatic carbocycles. The maximum absolute atomic E-state index is 6.87. The standard InChI is InChI=1S/C24H28N2O2/c1-26-10-9-24-16-12-15-14-5-3-4-6-17(14)25-21(15)23(24)28-22-19(27-2)8-7-13(20(22)24)11-18(16)26/h7-8,16,18,23,25H,3-6,9-12H2,1-2H3/t16-,18+,23-,24-/m0/s1. The third-order valence-electron chi connectivity index (χ3n) is 8.73. The maximum atomic E-state index is 6.87. The van der Waals surface area contributed by atoms with Gasteiger partial charge < -0.3 is 19.4 Å². The molecule has 1 N–H and O–H groups in total. The van der Waals surface area contributed by atoms with E-state index in [2.05, 4.69) is 29.1 Å². The fourth-order valence-electron chi connectivity index (χ4n) is 7.53. The third kappa shape index (κ3) is 1.65. The van der Waals surface area contributed by atoms with Crippen molar-refractivity contribution in [3.05, 3.63) is 45.8 Å². The molecule has 1 fully saturated rings. The van der Waals surface area contributed by atoms with Crippen molar-refractivity contribution in [2.75, 3.05) is 20.7 Å². The molecule has 0 unspecified atom stereocenters. The number of aryl methyl sites for hydroxylation is 1. The summed E-state index contributed by atoms with van der Waals surface area (Å²) < 4.78 is 12.6. The monoisotopic (exact) mass is 376 g/mol. The van der Waals surface area contributed by atoms with E-state index in [-0.39, 0.29) is 11.5 Å². The molecule has 1 aromatic heterocycles. The van der Waals surface area contributed by atoms with Gasteiger partial charge in [-0.15, -0.1) is 0 Å². The number of piperidine rings is 1. The lowest BCUT2D eigenvalue weighted by atomic mass is 9.51. The van der Waals surface area contributed by atoms with Crippen LogP contribution in [-0.4, -0.2) is 36.6 Å². The van der Waals surface area contributed by atoms with Crippen LogP contribution in [0.4, 0.5) is 0 Å². The van der Waals surface area contributed by atoms with Gasteiger partial charge in [-0.25, -0.2) is 0 Å². The fraction of sp³-hybridized carbons (Fsp3) is 0.583. The van der Waals surface area contributed by atoms with Crippen LogP contribution < -0.4 is 9.47 Å². The number of likely N-dealkylation sites (tertiary alicyclic amines) is 1. The molecule has 0 radical (unpaired) electrons. The zero-order valence-electron chi connectivity index (χ0n) is 16.8. The molecule has 4 heteroatoms. The van der Waals surface area contributed by atoms with Crippen LogP contribution in [0.25, 0.3) is 0 Å². The van der Waals surface area contributed by atoms with Crippen molar-refractivity contribution in [3.63, 3.8) is 0 Å². The average molecular weight is 377 g/mol. The Bertz CT molecular complexity index is 1010. The highest BCUT2D eigenvalue weighted by Gasteiger charge is 2.65. The number of rotatable bonds is 1. The number of likely N-dealkylation sites (N-methyl/N-ethyl adjacent to an activating group) is 1. The van der Waals surface area contributed by atoms with Gasteiger partial charge in [0.05, 0.1) is 12.8 Å². The molecule has 1 spiro atoms. The number of benzene rings is 1. The van der Waals surface area contributed by atoms with Gasteiger partial charge in [-0.05, 0) is 87.2 Å². The smallest absolute Gasteiger partial charge is 0.166 e. The highest BCUT2D eigenvalue weighted by Crippen LogP contribution is 2.67. The Labute approximate surface area is 166 Å². The summed E-state index contributed by atoms with van der Waals surface area (Å²) in [5.74, 6) is 2.60. The van der Waals surface area contributed by atoms with Crippen molar-refractivity contribution < 1.29 is 9.47 Å². The lowest BCUT2D eigenvalue weighted by Gasteiger charge is -2.57. The van der Waals surface area contributed by atoms with Crippen LogP contribution >= 0.6 is 0 Å². The van der Waals surface area contributed by atoms with Crippen molar-refractivity contribution in [2.45, 2.75) is 62.5 Å². The molecule has 28 heavy (non-hydrogen) atoms. The zero-order chi connectivity index (χ0) is 18.6. The topological polar surface area (TPSA) is 37.5 Å². The van der Waals surface area contributed by atoms with Crippen LogP contribution in [0, 0.1) is 5.92 Å². The molecule has 2 bridgehead atoms. The van der Waals surface area contributed by atoms with E-state index in [1.54, 1.807) is 18.2 Å². The normalized spacial score (nSPS) is 34.3. The molecule has 0 saturated carbocycles. The summed E-state index contributed by atoms with van der Waals surface area (Å²) in [7, 11) is 4.11. The van der Waals surface area contributed by atoms with Gasteiger partial charge in [0.15, 0.2) is 11.5 Å². The van der Waals surface area contributed by atoms with E-state index in [0.29, 0.717) is 12.0 Å². The number of hydrogen-bond donors (Lipinski definition) is 1. The number of nitrogens with one attached hydrogen (secondary N) is 1. The number of hydrogen-bond acceptors (Lipinski definition) is 3. The van der Waals surface area contributed by atoms with Crippen LogP contribution in [-0.2, 0) is 31.1 Å². The summed E-state index contributed by atoms with van der Waals surface area (Å²) in [6.45, 7) is 1.16. The Morgan fingerprint density at radius 2 is 2.07 bits per heavy atom. The van der Waals surface area contributed by atoms with E-state index in [0.717, 1.165) is 24.5 Å². The second kappa shape index (κ2) is 5.15. The second-order valence-electron chi connectivity index (χ2n) is 9.66. The molecule has 2 aromatic rings. The van der Waals surface area contributed by atoms with E-state index in [4.69, 9.17) is 9.47 Å². The minimum Gasteiger partial charge on any atom is -0.493 e. The number of fused-ring (bicyclic) bond motifs is 4. The van der Waals surface area contributed by atoms with Gasteiger partial charge in [0.25, 0.3) is 0 Å². The van der Waals surface area contributed by atoms with Gasteiger partial charge >= 0.3 is 0 Å². The highest BCUT2D eigenvalue weighted by molar-refractivity contribution is 5.63. The molecule has 5 aliphatic rings. The minimum absolute atomic E-state index is 0.120. The molecule has 1 saturated heterocycles. The Kier molecular flexibility index (Phi) is 2.93. The van der Waals surface area contributed by atoms with E-state index in [1.165, 1.54) is 61.0 Å². The first-order valence-electron chi connectivity index (χ1n) is 11.0. The molecule has 0 amide bonds. The molecule has 3 heterocycles. The molecule has 1 aromatic carbocycles. The Morgan fingerprint density at radius 3 is 2.96 bits per heavy atom. The molecular formula is C24H28N2O2. The summed E-state index contributed by atoms with van der Waals surface area (Å²) >= 11 is 0. The summed E-state index contributed by atoms with van der Waals surface area (Å²) in [6, 6.07) is 5.05. The van der Waals surface area contributed by atoms with Crippen molar-refractivity contribution in [1.29, 1.82) is 0 Å². The van der Waals surface area contributed by atoms with Crippen LogP contribution in [0.15, 0.2) is 12.1 Å². The second-order valence-corrected chi connectivity index (χ2v) is 9.66. The van der Waals surface area contributed by atoms with Gasteiger partial charge in [0.2, 0.25) is 0 Å². The first-order valence-corrected chi connectivity index (χ1v) is 11.0. The highest BCUT2D eigenvalue weighted by atomic mass is 16.5. The predicted octanol–water partition coefficient (Wildman–Crippen LogP) is 3.71. The van der Waals surface area contributed by atoms with Gasteiger partial charge in [-0.3, -0.25) is 0 Å². The number of nitrogens with zero attached hydrogens (tertiary/aromatic N) is 1. The van der Waals surface area contributed by atoms with Crippen LogP contribution in [0.3, 0.4) is 0 Å². The Hall–Kier alpha value is -1.94. The lowest BCUT2D eigenvalue weighted by molar-refractivity contribution is -0.0256. The largest absolute Gasteiger partial charge is 0.493 e. The van der Waals surface area contributed by atoms with E-state index in [9.17, 15) is 0 Å². The summed E-state index contributed by atoms with van der Waals surface area (Å²) in [5, 5.41) is 0. The molecule has 4 nitrogen and oxygen atoms in total. The Morgan fingerprint density at radius 1 is 1.18 bits per heavy atom. The number of ether oxygens (including phenoxy) is 2. The van der Waals surface area contributed by atoms with E-state index >= 15 is 0 Å². The first kappa shape index (κ1) is 15.9. The first-order chi connectivity index (χ1) is 13.7.